The lowest BCUT2D eigenvalue weighted by Crippen LogP contribution is -2.34. The number of rotatable bonds is 2. The van der Waals surface area contributed by atoms with Crippen LogP contribution in [0.5, 0.6) is 0 Å². The highest BCUT2D eigenvalue weighted by Crippen LogP contribution is 2.51. The molecule has 2 saturated carbocycles. The van der Waals surface area contributed by atoms with E-state index in [4.69, 9.17) is 10.3 Å². The Morgan fingerprint density at radius 2 is 2.15 bits per heavy atom. The summed E-state index contributed by atoms with van der Waals surface area (Å²) in [5.74, 6) is 2.98. The van der Waals surface area contributed by atoms with Crippen molar-refractivity contribution in [3.63, 3.8) is 0 Å². The molecule has 4 atom stereocenters. The lowest BCUT2D eigenvalue weighted by molar-refractivity contribution is 0.279. The molecule has 2 aromatic rings. The summed E-state index contributed by atoms with van der Waals surface area (Å²) in [6, 6.07) is 2.21. The van der Waals surface area contributed by atoms with Crippen LogP contribution in [0.25, 0.3) is 10.7 Å². The molecule has 4 unspecified atom stereocenters. The fraction of sp³-hybridized carbons (Fsp3) is 0.538. The summed E-state index contributed by atoms with van der Waals surface area (Å²) in [7, 11) is 0. The van der Waals surface area contributed by atoms with E-state index in [1.807, 2.05) is 11.4 Å². The second-order valence-electron chi connectivity index (χ2n) is 5.52. The van der Waals surface area contributed by atoms with Gasteiger partial charge >= 0.3 is 0 Å². The smallest absolute Gasteiger partial charge is 0.231 e. The topological polar surface area (TPSA) is 64.9 Å². The van der Waals surface area contributed by atoms with Crippen LogP contribution in [0.2, 0.25) is 0 Å². The van der Waals surface area contributed by atoms with Crippen LogP contribution in [0.3, 0.4) is 0 Å². The van der Waals surface area contributed by atoms with Crippen LogP contribution in [0.1, 0.15) is 31.1 Å². The number of aromatic nitrogens is 2. The van der Waals surface area contributed by atoms with Crippen molar-refractivity contribution in [3.05, 3.63) is 21.8 Å². The van der Waals surface area contributed by atoms with Gasteiger partial charge in [-0.1, -0.05) is 5.16 Å². The minimum atomic E-state index is 0. The van der Waals surface area contributed by atoms with Crippen LogP contribution in [0.15, 0.2) is 20.4 Å². The highest BCUT2D eigenvalue weighted by molar-refractivity contribution is 9.10. The van der Waals surface area contributed by atoms with Gasteiger partial charge in [-0.05, 0) is 53.1 Å². The van der Waals surface area contributed by atoms with Gasteiger partial charge in [0.25, 0.3) is 0 Å². The fourth-order valence-corrected chi connectivity index (χ4v) is 4.95. The van der Waals surface area contributed by atoms with Crippen LogP contribution < -0.4 is 5.73 Å². The maximum atomic E-state index is 6.32. The first-order valence-electron chi connectivity index (χ1n) is 6.56. The molecule has 0 radical (unpaired) electrons. The zero-order valence-electron chi connectivity index (χ0n) is 10.7. The molecule has 0 aromatic carbocycles. The third-order valence-electron chi connectivity index (χ3n) is 4.50. The van der Waals surface area contributed by atoms with Gasteiger partial charge in [0.15, 0.2) is 0 Å². The monoisotopic (exact) mass is 375 g/mol. The van der Waals surface area contributed by atoms with Crippen molar-refractivity contribution in [1.29, 1.82) is 0 Å². The molecule has 2 bridgehead atoms. The van der Waals surface area contributed by atoms with Crippen molar-refractivity contribution in [2.75, 3.05) is 0 Å². The van der Waals surface area contributed by atoms with E-state index in [1.54, 1.807) is 11.3 Å². The highest BCUT2D eigenvalue weighted by Gasteiger charge is 2.48. The zero-order valence-corrected chi connectivity index (χ0v) is 13.9. The van der Waals surface area contributed by atoms with Crippen molar-refractivity contribution in [3.8, 4) is 10.7 Å². The summed E-state index contributed by atoms with van der Waals surface area (Å²) >= 11 is 5.05. The van der Waals surface area contributed by atoms with Gasteiger partial charge in [-0.25, -0.2) is 0 Å². The summed E-state index contributed by atoms with van der Waals surface area (Å²) in [5, 5.41) is 6.13. The Labute approximate surface area is 135 Å². The second kappa shape index (κ2) is 5.40. The Morgan fingerprint density at radius 3 is 2.80 bits per heavy atom. The molecule has 0 spiro atoms. The molecule has 2 aliphatic carbocycles. The van der Waals surface area contributed by atoms with Crippen molar-refractivity contribution < 1.29 is 4.52 Å². The third kappa shape index (κ3) is 2.22. The van der Waals surface area contributed by atoms with Gasteiger partial charge in [-0.3, -0.25) is 0 Å². The molecular weight excluding hydrogens is 362 g/mol. The lowest BCUT2D eigenvalue weighted by Gasteiger charge is -2.24. The quantitative estimate of drug-likeness (QED) is 0.865. The van der Waals surface area contributed by atoms with E-state index in [9.17, 15) is 0 Å². The van der Waals surface area contributed by atoms with E-state index in [0.29, 0.717) is 17.7 Å². The Hall–Kier alpha value is -0.430. The standard InChI is InChI=1S/C13H14BrN3OS.ClH/c14-8-4-9(19-5-8)12-16-13(18-17-12)10-6-1-2-7(3-6)11(10)15;/h4-7,10-11H,1-3,15H2;1H. The molecule has 4 rings (SSSR count). The molecule has 0 aliphatic heterocycles. The van der Waals surface area contributed by atoms with E-state index in [1.165, 1.54) is 19.3 Å². The van der Waals surface area contributed by atoms with Crippen LogP contribution in [0.4, 0.5) is 0 Å². The first-order chi connectivity index (χ1) is 9.22. The number of thiophene rings is 1. The van der Waals surface area contributed by atoms with Crippen molar-refractivity contribution >= 4 is 39.7 Å². The van der Waals surface area contributed by atoms with Gasteiger partial charge in [0.2, 0.25) is 11.7 Å². The fourth-order valence-electron chi connectivity index (χ4n) is 3.60. The van der Waals surface area contributed by atoms with Crippen LogP contribution in [0, 0.1) is 11.8 Å². The lowest BCUT2D eigenvalue weighted by atomic mass is 9.85. The minimum absolute atomic E-state index is 0. The molecule has 2 N–H and O–H groups in total. The Bertz CT molecular complexity index is 614. The number of hydrogen-bond acceptors (Lipinski definition) is 5. The molecule has 2 heterocycles. The molecule has 2 fully saturated rings. The normalized spacial score (nSPS) is 31.5. The number of fused-ring (bicyclic) bond motifs is 2. The molecule has 4 nitrogen and oxygen atoms in total. The molecule has 108 valence electrons. The first kappa shape index (κ1) is 14.5. The van der Waals surface area contributed by atoms with Gasteiger partial charge in [0.05, 0.1) is 10.8 Å². The van der Waals surface area contributed by atoms with Crippen LogP contribution >= 0.6 is 39.7 Å². The number of nitrogens with zero attached hydrogens (tertiary/aromatic N) is 2. The van der Waals surface area contributed by atoms with Gasteiger partial charge in [-0.2, -0.15) is 4.98 Å². The average molecular weight is 377 g/mol. The summed E-state index contributed by atoms with van der Waals surface area (Å²) in [5.41, 5.74) is 6.32. The molecule has 0 saturated heterocycles. The van der Waals surface area contributed by atoms with Crippen molar-refractivity contribution in [2.24, 2.45) is 17.6 Å². The van der Waals surface area contributed by atoms with Gasteiger partial charge in [0, 0.05) is 15.9 Å². The maximum absolute atomic E-state index is 6.32. The largest absolute Gasteiger partial charge is 0.339 e. The highest BCUT2D eigenvalue weighted by atomic mass is 79.9. The Balaban J connectivity index is 0.00000121. The number of hydrogen-bond donors (Lipinski definition) is 1. The molecular formula is C13H15BrClN3OS. The van der Waals surface area contributed by atoms with Crippen LogP contribution in [-0.4, -0.2) is 16.2 Å². The molecule has 2 aromatic heterocycles. The summed E-state index contributed by atoms with van der Waals surface area (Å²) in [4.78, 5) is 5.60. The predicted octanol–water partition coefficient (Wildman–Crippen LogP) is 3.82. The SMILES string of the molecule is Cl.NC1C2CCC(C2)C1c1nc(-c2cc(Br)cs2)no1. The Kier molecular flexibility index (Phi) is 3.92. The van der Waals surface area contributed by atoms with Gasteiger partial charge in [0.1, 0.15) is 0 Å². The summed E-state index contributed by atoms with van der Waals surface area (Å²) < 4.78 is 6.54. The van der Waals surface area contributed by atoms with Crippen molar-refractivity contribution in [1.82, 2.24) is 10.1 Å². The molecule has 7 heteroatoms. The summed E-state index contributed by atoms with van der Waals surface area (Å²) in [6.07, 6.45) is 3.75. The van der Waals surface area contributed by atoms with Crippen molar-refractivity contribution in [2.45, 2.75) is 31.2 Å². The minimum Gasteiger partial charge on any atom is -0.339 e. The average Bonchev–Trinajstić information content (AvgIpc) is 3.10. The number of nitrogens with two attached hydrogens (primary N) is 1. The summed E-state index contributed by atoms with van der Waals surface area (Å²) in [6.45, 7) is 0. The van der Waals surface area contributed by atoms with E-state index >= 15 is 0 Å². The maximum Gasteiger partial charge on any atom is 0.231 e. The third-order valence-corrected chi connectivity index (χ3v) is 6.18. The van der Waals surface area contributed by atoms with E-state index in [2.05, 4.69) is 26.1 Å². The number of halogens is 2. The van der Waals surface area contributed by atoms with E-state index < -0.39 is 0 Å². The van der Waals surface area contributed by atoms with Gasteiger partial charge in [-0.15, -0.1) is 23.7 Å². The molecule has 2 aliphatic rings. The Morgan fingerprint density at radius 1 is 1.35 bits per heavy atom. The first-order valence-corrected chi connectivity index (χ1v) is 8.23. The zero-order chi connectivity index (χ0) is 13.0. The molecule has 0 amide bonds. The van der Waals surface area contributed by atoms with E-state index in [-0.39, 0.29) is 24.4 Å². The van der Waals surface area contributed by atoms with Gasteiger partial charge < -0.3 is 10.3 Å². The second-order valence-corrected chi connectivity index (χ2v) is 7.35. The molecule has 20 heavy (non-hydrogen) atoms. The van der Waals surface area contributed by atoms with E-state index in [0.717, 1.165) is 15.2 Å². The predicted molar refractivity (Wildman–Crippen MR) is 84.1 cm³/mol. The van der Waals surface area contributed by atoms with Crippen LogP contribution in [-0.2, 0) is 0 Å².